The van der Waals surface area contributed by atoms with E-state index < -0.39 is 5.60 Å². The van der Waals surface area contributed by atoms with E-state index in [0.29, 0.717) is 25.2 Å². The molecule has 0 aliphatic heterocycles. The smallest absolute Gasteiger partial charge is 0.293 e. The number of aliphatic hydroxyl groups is 1. The van der Waals surface area contributed by atoms with Crippen molar-refractivity contribution in [1.29, 1.82) is 0 Å². The van der Waals surface area contributed by atoms with Crippen LogP contribution in [0.15, 0.2) is 17.2 Å². The Hall–Kier alpha value is -1.36. The van der Waals surface area contributed by atoms with Gasteiger partial charge in [0.15, 0.2) is 5.82 Å². The summed E-state index contributed by atoms with van der Waals surface area (Å²) in [7, 11) is 0. The van der Waals surface area contributed by atoms with Gasteiger partial charge in [-0.05, 0) is 26.7 Å². The van der Waals surface area contributed by atoms with Crippen LogP contribution in [0.4, 0.5) is 5.82 Å². The Bertz CT molecular complexity index is 436. The molecule has 0 bridgehead atoms. The van der Waals surface area contributed by atoms with E-state index in [1.54, 1.807) is 17.0 Å². The van der Waals surface area contributed by atoms with Crippen molar-refractivity contribution in [2.45, 2.75) is 52.2 Å². The van der Waals surface area contributed by atoms with Gasteiger partial charge in [-0.15, -0.1) is 0 Å². The molecule has 1 aromatic heterocycles. The van der Waals surface area contributed by atoms with Crippen LogP contribution in [0.25, 0.3) is 0 Å². The SMILES string of the molecule is CCC(O)(CC)CNc1nccn(C(C)C)c1=O. The van der Waals surface area contributed by atoms with E-state index in [-0.39, 0.29) is 11.6 Å². The molecule has 0 aromatic carbocycles. The van der Waals surface area contributed by atoms with Crippen molar-refractivity contribution in [2.24, 2.45) is 0 Å². The summed E-state index contributed by atoms with van der Waals surface area (Å²) in [5.74, 6) is 0.298. The molecule has 1 aromatic rings. The average molecular weight is 253 g/mol. The van der Waals surface area contributed by atoms with Crippen molar-refractivity contribution >= 4 is 5.82 Å². The predicted octanol–water partition coefficient (Wildman–Crippen LogP) is 1.79. The van der Waals surface area contributed by atoms with Crippen LogP contribution in [0.3, 0.4) is 0 Å². The lowest BCUT2D eigenvalue weighted by atomic mass is 9.98. The fraction of sp³-hybridized carbons (Fsp3) is 0.692. The molecule has 1 rings (SSSR count). The summed E-state index contributed by atoms with van der Waals surface area (Å²) < 4.78 is 1.62. The van der Waals surface area contributed by atoms with Crippen molar-refractivity contribution in [2.75, 3.05) is 11.9 Å². The fourth-order valence-corrected chi connectivity index (χ4v) is 1.70. The Morgan fingerprint density at radius 1 is 1.44 bits per heavy atom. The van der Waals surface area contributed by atoms with Gasteiger partial charge in [-0.1, -0.05) is 13.8 Å². The third-order valence-electron chi connectivity index (χ3n) is 3.33. The van der Waals surface area contributed by atoms with Crippen LogP contribution < -0.4 is 10.9 Å². The van der Waals surface area contributed by atoms with Crippen LogP contribution in [-0.2, 0) is 0 Å². The Morgan fingerprint density at radius 2 is 2.06 bits per heavy atom. The third kappa shape index (κ3) is 3.32. The average Bonchev–Trinajstić information content (AvgIpc) is 2.37. The maximum Gasteiger partial charge on any atom is 0.293 e. The van der Waals surface area contributed by atoms with Crippen molar-refractivity contribution in [3.05, 3.63) is 22.7 Å². The molecule has 0 aliphatic carbocycles. The van der Waals surface area contributed by atoms with Crippen molar-refractivity contribution in [3.63, 3.8) is 0 Å². The Kier molecular flexibility index (Phi) is 4.90. The maximum atomic E-state index is 12.1. The predicted molar refractivity (Wildman–Crippen MR) is 72.9 cm³/mol. The van der Waals surface area contributed by atoms with Crippen LogP contribution in [0, 0.1) is 0 Å². The van der Waals surface area contributed by atoms with Gasteiger partial charge in [0.2, 0.25) is 0 Å². The molecule has 0 saturated heterocycles. The molecular weight excluding hydrogens is 230 g/mol. The molecule has 0 atom stereocenters. The molecule has 0 aliphatic rings. The van der Waals surface area contributed by atoms with Gasteiger partial charge in [0.05, 0.1) is 5.60 Å². The number of hydrogen-bond donors (Lipinski definition) is 2. The highest BCUT2D eigenvalue weighted by atomic mass is 16.3. The molecule has 0 saturated carbocycles. The van der Waals surface area contributed by atoms with E-state index in [4.69, 9.17) is 0 Å². The second-order valence-electron chi connectivity index (χ2n) is 4.87. The summed E-state index contributed by atoms with van der Waals surface area (Å²) in [5.41, 5.74) is -0.936. The summed E-state index contributed by atoms with van der Waals surface area (Å²) in [6.45, 7) is 8.08. The summed E-state index contributed by atoms with van der Waals surface area (Å²) >= 11 is 0. The standard InChI is InChI=1S/C13H23N3O2/c1-5-13(18,6-2)9-15-11-12(17)16(10(3)4)8-7-14-11/h7-8,10,18H,5-6,9H2,1-4H3,(H,14,15). The first-order chi connectivity index (χ1) is 8.43. The van der Waals surface area contributed by atoms with E-state index in [0.717, 1.165) is 0 Å². The minimum absolute atomic E-state index is 0.0947. The van der Waals surface area contributed by atoms with Crippen LogP contribution in [0.5, 0.6) is 0 Å². The number of nitrogens with zero attached hydrogens (tertiary/aromatic N) is 2. The lowest BCUT2D eigenvalue weighted by Crippen LogP contribution is -2.37. The highest BCUT2D eigenvalue weighted by Gasteiger charge is 2.22. The molecule has 0 radical (unpaired) electrons. The second-order valence-corrected chi connectivity index (χ2v) is 4.87. The lowest BCUT2D eigenvalue weighted by Gasteiger charge is -2.25. The minimum atomic E-state index is -0.785. The van der Waals surface area contributed by atoms with Crippen molar-refractivity contribution in [3.8, 4) is 0 Å². The topological polar surface area (TPSA) is 67.2 Å². The molecule has 102 valence electrons. The first-order valence-corrected chi connectivity index (χ1v) is 6.47. The Morgan fingerprint density at radius 3 is 2.56 bits per heavy atom. The largest absolute Gasteiger partial charge is 0.388 e. The molecule has 1 heterocycles. The van der Waals surface area contributed by atoms with Gasteiger partial charge in [-0.3, -0.25) is 4.79 Å². The van der Waals surface area contributed by atoms with Crippen molar-refractivity contribution in [1.82, 2.24) is 9.55 Å². The number of rotatable bonds is 6. The molecule has 5 heteroatoms. The van der Waals surface area contributed by atoms with Gasteiger partial charge in [0, 0.05) is 25.0 Å². The molecule has 5 nitrogen and oxygen atoms in total. The summed E-state index contributed by atoms with van der Waals surface area (Å²) in [5, 5.41) is 13.1. The van der Waals surface area contributed by atoms with Gasteiger partial charge in [0.1, 0.15) is 0 Å². The minimum Gasteiger partial charge on any atom is -0.388 e. The number of aromatic nitrogens is 2. The van der Waals surface area contributed by atoms with Gasteiger partial charge >= 0.3 is 0 Å². The Balaban J connectivity index is 2.87. The molecule has 0 unspecified atom stereocenters. The molecule has 2 N–H and O–H groups in total. The first-order valence-electron chi connectivity index (χ1n) is 6.47. The van der Waals surface area contributed by atoms with Gasteiger partial charge < -0.3 is 15.0 Å². The van der Waals surface area contributed by atoms with E-state index in [2.05, 4.69) is 10.3 Å². The van der Waals surface area contributed by atoms with Crippen molar-refractivity contribution < 1.29 is 5.11 Å². The lowest BCUT2D eigenvalue weighted by molar-refractivity contribution is 0.0456. The number of anilines is 1. The van der Waals surface area contributed by atoms with E-state index in [1.807, 2.05) is 27.7 Å². The molecule has 18 heavy (non-hydrogen) atoms. The highest BCUT2D eigenvalue weighted by Crippen LogP contribution is 2.14. The quantitative estimate of drug-likeness (QED) is 0.811. The molecular formula is C13H23N3O2. The summed E-state index contributed by atoms with van der Waals surface area (Å²) in [6, 6.07) is 0.0947. The summed E-state index contributed by atoms with van der Waals surface area (Å²) in [6.07, 6.45) is 4.55. The highest BCUT2D eigenvalue weighted by molar-refractivity contribution is 5.31. The summed E-state index contributed by atoms with van der Waals surface area (Å²) in [4.78, 5) is 16.1. The van der Waals surface area contributed by atoms with E-state index >= 15 is 0 Å². The first kappa shape index (κ1) is 14.7. The zero-order valence-corrected chi connectivity index (χ0v) is 11.6. The zero-order valence-electron chi connectivity index (χ0n) is 11.6. The molecule has 0 fully saturated rings. The normalized spacial score (nSPS) is 11.9. The second kappa shape index (κ2) is 6.00. The van der Waals surface area contributed by atoms with Gasteiger partial charge in [-0.25, -0.2) is 4.98 Å². The van der Waals surface area contributed by atoms with Gasteiger partial charge in [0.25, 0.3) is 5.56 Å². The zero-order chi connectivity index (χ0) is 13.8. The van der Waals surface area contributed by atoms with Gasteiger partial charge in [-0.2, -0.15) is 0 Å². The fourth-order valence-electron chi connectivity index (χ4n) is 1.70. The number of hydrogen-bond acceptors (Lipinski definition) is 4. The monoisotopic (exact) mass is 253 g/mol. The van der Waals surface area contributed by atoms with Crippen LogP contribution >= 0.6 is 0 Å². The van der Waals surface area contributed by atoms with E-state index in [9.17, 15) is 9.90 Å². The van der Waals surface area contributed by atoms with Crippen LogP contribution in [0.2, 0.25) is 0 Å². The van der Waals surface area contributed by atoms with Crippen LogP contribution in [-0.4, -0.2) is 26.8 Å². The molecule has 0 spiro atoms. The van der Waals surface area contributed by atoms with Crippen LogP contribution in [0.1, 0.15) is 46.6 Å². The maximum absolute atomic E-state index is 12.1. The Labute approximate surface area is 108 Å². The molecule has 0 amide bonds. The van der Waals surface area contributed by atoms with E-state index in [1.165, 1.54) is 0 Å². The third-order valence-corrected chi connectivity index (χ3v) is 3.33. The number of nitrogens with one attached hydrogen (secondary N) is 1.